The summed E-state index contributed by atoms with van der Waals surface area (Å²) in [4.78, 5) is 4.81. The minimum absolute atomic E-state index is 0.406. The van der Waals surface area contributed by atoms with Crippen LogP contribution in [0.4, 0.5) is 11.4 Å². The highest BCUT2D eigenvalue weighted by Gasteiger charge is 2.26. The Hall–Kier alpha value is -1.26. The van der Waals surface area contributed by atoms with E-state index in [-0.39, 0.29) is 0 Å². The Balaban J connectivity index is 1.77. The Bertz CT molecular complexity index is 712. The highest BCUT2D eigenvalue weighted by atomic mass is 32.2. The van der Waals surface area contributed by atoms with Gasteiger partial charge in [0.1, 0.15) is 0 Å². The molecule has 4 nitrogen and oxygen atoms in total. The van der Waals surface area contributed by atoms with E-state index < -0.39 is 7.60 Å². The van der Waals surface area contributed by atoms with Gasteiger partial charge in [0.25, 0.3) is 0 Å². The van der Waals surface area contributed by atoms with E-state index in [1.54, 1.807) is 11.8 Å². The van der Waals surface area contributed by atoms with Crippen LogP contribution in [0.1, 0.15) is 20.3 Å². The maximum absolute atomic E-state index is 12.7. The van der Waals surface area contributed by atoms with Gasteiger partial charge in [-0.3, -0.25) is 4.57 Å². The smallest absolute Gasteiger partial charge is 0.330 e. The SMILES string of the molecule is CCOP(=O)(CCCN1c2ccccc2Sc2ccccc21)OCC. The van der Waals surface area contributed by atoms with Gasteiger partial charge < -0.3 is 13.9 Å². The van der Waals surface area contributed by atoms with E-state index in [0.29, 0.717) is 19.4 Å². The summed E-state index contributed by atoms with van der Waals surface area (Å²) in [6.45, 7) is 5.28. The fourth-order valence-electron chi connectivity index (χ4n) is 3.00. The molecule has 0 radical (unpaired) electrons. The molecule has 0 atom stereocenters. The lowest BCUT2D eigenvalue weighted by Gasteiger charge is -2.33. The molecule has 6 heteroatoms. The van der Waals surface area contributed by atoms with Gasteiger partial charge in [0, 0.05) is 16.3 Å². The molecule has 0 spiro atoms. The van der Waals surface area contributed by atoms with Crippen molar-refractivity contribution in [2.75, 3.05) is 30.8 Å². The fourth-order valence-corrected chi connectivity index (χ4v) is 5.75. The van der Waals surface area contributed by atoms with Crippen molar-refractivity contribution in [1.29, 1.82) is 0 Å². The van der Waals surface area contributed by atoms with Crippen LogP contribution in [-0.4, -0.2) is 25.9 Å². The summed E-state index contributed by atoms with van der Waals surface area (Å²) in [6.07, 6.45) is 1.17. The molecule has 134 valence electrons. The van der Waals surface area contributed by atoms with Crippen molar-refractivity contribution in [2.45, 2.75) is 30.1 Å². The van der Waals surface area contributed by atoms with Crippen LogP contribution in [0.25, 0.3) is 0 Å². The summed E-state index contributed by atoms with van der Waals surface area (Å²) in [5.41, 5.74) is 2.41. The second-order valence-corrected chi connectivity index (χ2v) is 8.98. The van der Waals surface area contributed by atoms with Gasteiger partial charge in [-0.05, 0) is 44.5 Å². The van der Waals surface area contributed by atoms with E-state index in [9.17, 15) is 4.57 Å². The molecule has 0 aliphatic carbocycles. The Morgan fingerprint density at radius 2 is 1.44 bits per heavy atom. The van der Waals surface area contributed by atoms with Gasteiger partial charge in [-0.25, -0.2) is 0 Å². The van der Waals surface area contributed by atoms with Crippen molar-refractivity contribution in [2.24, 2.45) is 0 Å². The molecule has 0 aromatic heterocycles. The molecule has 25 heavy (non-hydrogen) atoms. The highest BCUT2D eigenvalue weighted by Crippen LogP contribution is 2.50. The number of anilines is 2. The maximum Gasteiger partial charge on any atom is 0.330 e. The number of fused-ring (bicyclic) bond motifs is 2. The summed E-state index contributed by atoms with van der Waals surface area (Å²) in [5.74, 6) is 0. The molecule has 0 unspecified atom stereocenters. The molecule has 0 saturated heterocycles. The molecule has 0 bridgehead atoms. The van der Waals surface area contributed by atoms with Crippen LogP contribution in [0.5, 0.6) is 0 Å². The molecule has 1 aliphatic rings. The number of hydrogen-bond acceptors (Lipinski definition) is 5. The fraction of sp³-hybridized carbons (Fsp3) is 0.368. The Kier molecular flexibility index (Phi) is 6.24. The van der Waals surface area contributed by atoms with Gasteiger partial charge in [-0.15, -0.1) is 0 Å². The van der Waals surface area contributed by atoms with Gasteiger partial charge in [0.15, 0.2) is 0 Å². The summed E-state index contributed by atoms with van der Waals surface area (Å²) >= 11 is 1.80. The summed E-state index contributed by atoms with van der Waals surface area (Å²) < 4.78 is 23.5. The number of nitrogens with zero attached hydrogens (tertiary/aromatic N) is 1. The lowest BCUT2D eigenvalue weighted by molar-refractivity contribution is 0.220. The number of para-hydroxylation sites is 2. The molecule has 1 heterocycles. The minimum Gasteiger partial charge on any atom is -0.340 e. The quantitative estimate of drug-likeness (QED) is 0.532. The van der Waals surface area contributed by atoms with Crippen molar-refractivity contribution in [3.63, 3.8) is 0 Å². The van der Waals surface area contributed by atoms with Crippen LogP contribution >= 0.6 is 19.4 Å². The van der Waals surface area contributed by atoms with E-state index in [1.165, 1.54) is 21.2 Å². The predicted molar refractivity (Wildman–Crippen MR) is 104 cm³/mol. The van der Waals surface area contributed by atoms with Crippen LogP contribution in [0.3, 0.4) is 0 Å². The van der Waals surface area contributed by atoms with Gasteiger partial charge in [0.2, 0.25) is 0 Å². The minimum atomic E-state index is -2.99. The van der Waals surface area contributed by atoms with Crippen LogP contribution < -0.4 is 4.90 Å². The third-order valence-electron chi connectivity index (χ3n) is 4.00. The van der Waals surface area contributed by atoms with Gasteiger partial charge >= 0.3 is 7.60 Å². The average Bonchev–Trinajstić information content (AvgIpc) is 2.61. The normalized spacial score (nSPS) is 13.4. The van der Waals surface area contributed by atoms with Crippen molar-refractivity contribution in [3.05, 3.63) is 48.5 Å². The lowest BCUT2D eigenvalue weighted by atomic mass is 10.2. The van der Waals surface area contributed by atoms with Gasteiger partial charge in [-0.1, -0.05) is 36.0 Å². The molecule has 0 fully saturated rings. The highest BCUT2D eigenvalue weighted by molar-refractivity contribution is 7.99. The molecular weight excluding hydrogens is 353 g/mol. The number of benzene rings is 2. The molecule has 0 N–H and O–H groups in total. The molecule has 2 aromatic carbocycles. The average molecular weight is 377 g/mol. The predicted octanol–water partition coefficient (Wildman–Crippen LogP) is 5.95. The maximum atomic E-state index is 12.7. The standard InChI is InChI=1S/C19H24NO3PS/c1-3-22-24(21,23-4-2)15-9-14-20-16-10-5-7-12-18(16)25-19-13-8-6-11-17(19)20/h5-8,10-13H,3-4,9,14-15H2,1-2H3. The summed E-state index contributed by atoms with van der Waals surface area (Å²) in [6, 6.07) is 16.8. The van der Waals surface area contributed by atoms with E-state index in [0.717, 1.165) is 13.0 Å². The van der Waals surface area contributed by atoms with Crippen molar-refractivity contribution in [3.8, 4) is 0 Å². The largest absolute Gasteiger partial charge is 0.340 e. The van der Waals surface area contributed by atoms with Crippen molar-refractivity contribution >= 4 is 30.7 Å². The second kappa shape index (κ2) is 8.41. The zero-order chi connectivity index (χ0) is 17.7. The third kappa shape index (κ3) is 4.29. The Labute approximate surface area is 154 Å². The topological polar surface area (TPSA) is 38.8 Å². The first-order chi connectivity index (χ1) is 12.2. The molecule has 2 aromatic rings. The lowest BCUT2D eigenvalue weighted by Crippen LogP contribution is -2.22. The zero-order valence-corrected chi connectivity index (χ0v) is 16.4. The zero-order valence-electron chi connectivity index (χ0n) is 14.7. The first-order valence-electron chi connectivity index (χ1n) is 8.68. The number of hydrogen-bond donors (Lipinski definition) is 0. The van der Waals surface area contributed by atoms with E-state index in [1.807, 2.05) is 13.8 Å². The summed E-state index contributed by atoms with van der Waals surface area (Å²) in [5, 5.41) is 0. The third-order valence-corrected chi connectivity index (χ3v) is 7.29. The van der Waals surface area contributed by atoms with Crippen molar-refractivity contribution in [1.82, 2.24) is 0 Å². The molecule has 3 rings (SSSR count). The van der Waals surface area contributed by atoms with Crippen LogP contribution in [0.2, 0.25) is 0 Å². The molecule has 0 saturated carbocycles. The first kappa shape index (κ1) is 18.5. The second-order valence-electron chi connectivity index (χ2n) is 5.71. The van der Waals surface area contributed by atoms with Crippen LogP contribution in [-0.2, 0) is 13.6 Å². The molecular formula is C19H24NO3PS. The first-order valence-corrected chi connectivity index (χ1v) is 11.2. The van der Waals surface area contributed by atoms with Gasteiger partial charge in [0.05, 0.1) is 30.8 Å². The molecule has 0 amide bonds. The van der Waals surface area contributed by atoms with Crippen LogP contribution in [0, 0.1) is 0 Å². The summed E-state index contributed by atoms with van der Waals surface area (Å²) in [7, 11) is -2.99. The Morgan fingerprint density at radius 1 is 0.920 bits per heavy atom. The molecule has 1 aliphatic heterocycles. The van der Waals surface area contributed by atoms with Gasteiger partial charge in [-0.2, -0.15) is 0 Å². The monoisotopic (exact) mass is 377 g/mol. The van der Waals surface area contributed by atoms with Crippen LogP contribution in [0.15, 0.2) is 58.3 Å². The van der Waals surface area contributed by atoms with E-state index >= 15 is 0 Å². The number of rotatable bonds is 8. The Morgan fingerprint density at radius 3 is 1.96 bits per heavy atom. The van der Waals surface area contributed by atoms with Crippen molar-refractivity contribution < 1.29 is 13.6 Å². The van der Waals surface area contributed by atoms with E-state index in [4.69, 9.17) is 9.05 Å². The van der Waals surface area contributed by atoms with E-state index in [2.05, 4.69) is 53.4 Å².